The molecule has 1 heterocycles. The monoisotopic (exact) mass is 374 g/mol. The third kappa shape index (κ3) is 4.05. The Morgan fingerprint density at radius 1 is 1.12 bits per heavy atom. The lowest BCUT2D eigenvalue weighted by molar-refractivity contribution is 0.101. The maximum atomic E-state index is 12.7. The molecule has 0 amide bonds. The second kappa shape index (κ2) is 7.47. The number of aryl methyl sites for hydroxylation is 1. The zero-order valence-corrected chi connectivity index (χ0v) is 15.7. The number of Topliss-reactive ketones (excluding diaryl/α,β-unsaturated/α-hetero) is 1. The van der Waals surface area contributed by atoms with Gasteiger partial charge in [-0.2, -0.15) is 0 Å². The molecule has 26 heavy (non-hydrogen) atoms. The summed E-state index contributed by atoms with van der Waals surface area (Å²) < 4.78 is 33.3. The summed E-state index contributed by atoms with van der Waals surface area (Å²) in [4.78, 5) is 13.8. The Labute approximate surface area is 153 Å². The number of rotatable bonds is 5. The van der Waals surface area contributed by atoms with Gasteiger partial charge in [0.05, 0.1) is 23.8 Å². The van der Waals surface area contributed by atoms with Gasteiger partial charge in [0.15, 0.2) is 5.78 Å². The van der Waals surface area contributed by atoms with Crippen molar-refractivity contribution in [1.29, 1.82) is 0 Å². The highest BCUT2D eigenvalue weighted by Gasteiger charge is 2.18. The smallest absolute Gasteiger partial charge is 0.261 e. The highest BCUT2D eigenvalue weighted by molar-refractivity contribution is 7.92. The zero-order chi connectivity index (χ0) is 18.7. The number of sulfonamides is 1. The first-order valence-electron chi connectivity index (χ1n) is 8.44. The van der Waals surface area contributed by atoms with E-state index in [1.54, 1.807) is 18.2 Å². The van der Waals surface area contributed by atoms with E-state index in [4.69, 9.17) is 4.74 Å². The summed E-state index contributed by atoms with van der Waals surface area (Å²) in [7, 11) is -3.77. The van der Waals surface area contributed by atoms with Gasteiger partial charge < -0.3 is 9.64 Å². The lowest BCUT2D eigenvalue weighted by atomic mass is 10.1. The highest BCUT2D eigenvalue weighted by atomic mass is 32.2. The molecular weight excluding hydrogens is 352 g/mol. The van der Waals surface area contributed by atoms with E-state index in [9.17, 15) is 13.2 Å². The fourth-order valence-corrected chi connectivity index (χ4v) is 4.04. The summed E-state index contributed by atoms with van der Waals surface area (Å²) >= 11 is 0. The Hall–Kier alpha value is -2.38. The molecule has 0 unspecified atom stereocenters. The summed E-state index contributed by atoms with van der Waals surface area (Å²) in [5, 5.41) is 0. The van der Waals surface area contributed by atoms with Crippen molar-refractivity contribution in [2.75, 3.05) is 35.9 Å². The summed E-state index contributed by atoms with van der Waals surface area (Å²) in [5.41, 5.74) is 2.77. The van der Waals surface area contributed by atoms with Crippen molar-refractivity contribution in [3.8, 4) is 0 Å². The van der Waals surface area contributed by atoms with Crippen LogP contribution < -0.4 is 9.62 Å². The zero-order valence-electron chi connectivity index (χ0n) is 14.9. The summed E-state index contributed by atoms with van der Waals surface area (Å²) in [6.45, 7) is 6.31. The number of benzene rings is 2. The number of nitrogens with one attached hydrogen (secondary N) is 1. The van der Waals surface area contributed by atoms with Gasteiger partial charge >= 0.3 is 0 Å². The van der Waals surface area contributed by atoms with Crippen LogP contribution in [0.2, 0.25) is 0 Å². The maximum absolute atomic E-state index is 12.7. The molecule has 0 saturated carbocycles. The Balaban J connectivity index is 1.83. The van der Waals surface area contributed by atoms with E-state index >= 15 is 0 Å². The van der Waals surface area contributed by atoms with E-state index in [2.05, 4.69) is 9.62 Å². The minimum absolute atomic E-state index is 0.0712. The van der Waals surface area contributed by atoms with Crippen molar-refractivity contribution >= 4 is 27.2 Å². The minimum Gasteiger partial charge on any atom is -0.378 e. The highest BCUT2D eigenvalue weighted by Crippen LogP contribution is 2.26. The van der Waals surface area contributed by atoms with Gasteiger partial charge in [0.1, 0.15) is 0 Å². The quantitative estimate of drug-likeness (QED) is 0.815. The van der Waals surface area contributed by atoms with Crippen molar-refractivity contribution < 1.29 is 17.9 Å². The minimum atomic E-state index is -3.77. The second-order valence-corrected chi connectivity index (χ2v) is 7.97. The number of carbonyl (C=O) groups excluding carboxylic acids is 1. The van der Waals surface area contributed by atoms with Crippen LogP contribution in [0.3, 0.4) is 0 Å². The van der Waals surface area contributed by atoms with Gasteiger partial charge in [-0.15, -0.1) is 0 Å². The van der Waals surface area contributed by atoms with Crippen LogP contribution in [0.15, 0.2) is 47.4 Å². The van der Waals surface area contributed by atoms with Crippen molar-refractivity contribution in [3.63, 3.8) is 0 Å². The van der Waals surface area contributed by atoms with Crippen LogP contribution in [0.1, 0.15) is 22.8 Å². The number of anilines is 2. The Kier molecular flexibility index (Phi) is 5.29. The maximum Gasteiger partial charge on any atom is 0.261 e. The lowest BCUT2D eigenvalue weighted by Crippen LogP contribution is -2.36. The van der Waals surface area contributed by atoms with Gasteiger partial charge in [-0.25, -0.2) is 8.42 Å². The standard InChI is InChI=1S/C19H22N2O4S/c1-14-12-17(21-8-10-25-11-9-21)6-7-19(14)20-26(23,24)18-5-3-4-16(13-18)15(2)22/h3-7,12-13,20H,8-11H2,1-2H3. The molecule has 0 aliphatic carbocycles. The molecule has 1 fully saturated rings. The van der Waals surface area contributed by atoms with Gasteiger partial charge in [-0.05, 0) is 49.7 Å². The van der Waals surface area contributed by atoms with Crippen LogP contribution in [0.25, 0.3) is 0 Å². The fourth-order valence-electron chi connectivity index (χ4n) is 2.87. The molecule has 1 aliphatic rings. The Morgan fingerprint density at radius 3 is 2.50 bits per heavy atom. The predicted octanol–water partition coefficient (Wildman–Crippen LogP) is 2.84. The van der Waals surface area contributed by atoms with Gasteiger partial charge in [0.2, 0.25) is 0 Å². The molecule has 2 aromatic rings. The number of hydrogen-bond donors (Lipinski definition) is 1. The third-order valence-corrected chi connectivity index (χ3v) is 5.74. The predicted molar refractivity (Wildman–Crippen MR) is 101 cm³/mol. The molecule has 7 heteroatoms. The van der Waals surface area contributed by atoms with E-state index in [0.717, 1.165) is 24.3 Å². The van der Waals surface area contributed by atoms with E-state index < -0.39 is 10.0 Å². The van der Waals surface area contributed by atoms with E-state index in [1.807, 2.05) is 19.1 Å². The van der Waals surface area contributed by atoms with Crippen LogP contribution >= 0.6 is 0 Å². The molecule has 0 atom stereocenters. The number of morpholine rings is 1. The molecule has 0 bridgehead atoms. The number of hydrogen-bond acceptors (Lipinski definition) is 5. The average molecular weight is 374 g/mol. The van der Waals surface area contributed by atoms with Crippen LogP contribution in [0.5, 0.6) is 0 Å². The van der Waals surface area contributed by atoms with Crippen molar-refractivity contribution in [3.05, 3.63) is 53.6 Å². The largest absolute Gasteiger partial charge is 0.378 e. The molecule has 1 N–H and O–H groups in total. The van der Waals surface area contributed by atoms with Crippen molar-refractivity contribution in [2.24, 2.45) is 0 Å². The van der Waals surface area contributed by atoms with Gasteiger partial charge in [-0.1, -0.05) is 12.1 Å². The van der Waals surface area contributed by atoms with Gasteiger partial charge in [-0.3, -0.25) is 9.52 Å². The molecule has 0 spiro atoms. The van der Waals surface area contributed by atoms with Crippen LogP contribution in [-0.2, 0) is 14.8 Å². The first-order chi connectivity index (χ1) is 12.4. The molecule has 1 saturated heterocycles. The number of ketones is 1. The van der Waals surface area contributed by atoms with Gasteiger partial charge in [0.25, 0.3) is 10.0 Å². The summed E-state index contributed by atoms with van der Waals surface area (Å²) in [6, 6.07) is 11.7. The fraction of sp³-hybridized carbons (Fsp3) is 0.316. The van der Waals surface area contributed by atoms with E-state index in [0.29, 0.717) is 24.5 Å². The van der Waals surface area contributed by atoms with E-state index in [-0.39, 0.29) is 10.7 Å². The molecule has 6 nitrogen and oxygen atoms in total. The first-order valence-corrected chi connectivity index (χ1v) is 9.92. The molecule has 0 radical (unpaired) electrons. The molecule has 138 valence electrons. The normalized spacial score (nSPS) is 14.9. The number of nitrogens with zero attached hydrogens (tertiary/aromatic N) is 1. The SMILES string of the molecule is CC(=O)c1cccc(S(=O)(=O)Nc2ccc(N3CCOCC3)cc2C)c1. The first kappa shape index (κ1) is 18.4. The van der Waals surface area contributed by atoms with Gasteiger partial charge in [0, 0.05) is 24.3 Å². The average Bonchev–Trinajstić information content (AvgIpc) is 2.64. The Bertz CT molecular complexity index is 919. The number of ether oxygens (including phenoxy) is 1. The summed E-state index contributed by atoms with van der Waals surface area (Å²) in [6.07, 6.45) is 0. The molecular formula is C19H22N2O4S. The third-order valence-electron chi connectivity index (χ3n) is 4.38. The van der Waals surface area contributed by atoms with Crippen molar-refractivity contribution in [1.82, 2.24) is 0 Å². The molecule has 2 aromatic carbocycles. The molecule has 3 rings (SSSR count). The topological polar surface area (TPSA) is 75.7 Å². The van der Waals surface area contributed by atoms with Crippen LogP contribution in [-0.4, -0.2) is 40.5 Å². The molecule has 0 aromatic heterocycles. The van der Waals surface area contributed by atoms with E-state index in [1.165, 1.54) is 19.1 Å². The summed E-state index contributed by atoms with van der Waals surface area (Å²) in [5.74, 6) is -0.173. The van der Waals surface area contributed by atoms with Crippen molar-refractivity contribution in [2.45, 2.75) is 18.7 Å². The molecule has 1 aliphatic heterocycles. The van der Waals surface area contributed by atoms with Crippen LogP contribution in [0.4, 0.5) is 11.4 Å². The van der Waals surface area contributed by atoms with Crippen LogP contribution in [0, 0.1) is 6.92 Å². The Morgan fingerprint density at radius 2 is 1.85 bits per heavy atom. The second-order valence-electron chi connectivity index (χ2n) is 6.29. The lowest BCUT2D eigenvalue weighted by Gasteiger charge is -2.29. The number of carbonyl (C=O) groups is 1.